The van der Waals surface area contributed by atoms with Crippen molar-refractivity contribution in [2.24, 2.45) is 17.8 Å². The number of amides is 1. The van der Waals surface area contributed by atoms with Gasteiger partial charge in [-0.15, -0.1) is 0 Å². The first-order valence-corrected chi connectivity index (χ1v) is 5.61. The Bertz CT molecular complexity index is 300. The third-order valence-electron chi connectivity index (χ3n) is 4.19. The predicted molar refractivity (Wildman–Crippen MR) is 50.5 cm³/mol. The summed E-state index contributed by atoms with van der Waals surface area (Å²) in [5.41, 5.74) is 0. The van der Waals surface area contributed by atoms with Gasteiger partial charge in [-0.2, -0.15) is 0 Å². The molecule has 14 heavy (non-hydrogen) atoms. The molecule has 1 aliphatic heterocycles. The van der Waals surface area contributed by atoms with Crippen LogP contribution >= 0.6 is 0 Å². The first kappa shape index (κ1) is 8.45. The summed E-state index contributed by atoms with van der Waals surface area (Å²) in [5.74, 6) is 0.761. The Morgan fingerprint density at radius 3 is 2.43 bits per heavy atom. The molecule has 0 aromatic rings. The number of hydrogen-bond donors (Lipinski definition) is 1. The molecule has 0 spiro atoms. The van der Waals surface area contributed by atoms with Crippen LogP contribution < -0.4 is 5.32 Å². The van der Waals surface area contributed by atoms with Gasteiger partial charge in [0, 0.05) is 23.8 Å². The molecule has 0 bridgehead atoms. The molecule has 0 radical (unpaired) electrons. The second-order valence-electron chi connectivity index (χ2n) is 4.85. The molecule has 0 aromatic heterocycles. The number of nitrogens with one attached hydrogen (secondary N) is 1. The van der Waals surface area contributed by atoms with E-state index in [1.54, 1.807) is 0 Å². The van der Waals surface area contributed by atoms with E-state index in [1.807, 2.05) is 0 Å². The summed E-state index contributed by atoms with van der Waals surface area (Å²) in [6.45, 7) is 0. The highest BCUT2D eigenvalue weighted by Gasteiger charge is 2.49. The number of ketones is 1. The van der Waals surface area contributed by atoms with Gasteiger partial charge in [0.1, 0.15) is 5.78 Å². The zero-order valence-corrected chi connectivity index (χ0v) is 8.16. The van der Waals surface area contributed by atoms with Crippen molar-refractivity contribution in [3.8, 4) is 0 Å². The maximum absolute atomic E-state index is 12.0. The SMILES string of the molecule is O=C1NC2CCCC2C(=O)C2CCC12. The molecular formula is C11H15NO2. The first-order valence-electron chi connectivity index (χ1n) is 5.61. The summed E-state index contributed by atoms with van der Waals surface area (Å²) >= 11 is 0. The Morgan fingerprint density at radius 1 is 0.929 bits per heavy atom. The summed E-state index contributed by atoms with van der Waals surface area (Å²) in [7, 11) is 0. The molecule has 3 nitrogen and oxygen atoms in total. The molecule has 2 saturated carbocycles. The monoisotopic (exact) mass is 193 g/mol. The fraction of sp³-hybridized carbons (Fsp3) is 0.818. The minimum Gasteiger partial charge on any atom is -0.352 e. The Morgan fingerprint density at radius 2 is 1.71 bits per heavy atom. The second-order valence-corrected chi connectivity index (χ2v) is 4.85. The van der Waals surface area contributed by atoms with Crippen LogP contribution in [-0.2, 0) is 9.59 Å². The third kappa shape index (κ3) is 0.983. The minimum atomic E-state index is 0.0214. The summed E-state index contributed by atoms with van der Waals surface area (Å²) in [6.07, 6.45) is 4.95. The van der Waals surface area contributed by atoms with Crippen LogP contribution in [-0.4, -0.2) is 17.7 Å². The molecule has 3 heteroatoms. The van der Waals surface area contributed by atoms with Gasteiger partial charge in [0.05, 0.1) is 0 Å². The Kier molecular flexibility index (Phi) is 1.70. The molecule has 4 unspecified atom stereocenters. The molecule has 1 amide bonds. The molecule has 4 atom stereocenters. The van der Waals surface area contributed by atoms with E-state index in [-0.39, 0.29) is 29.7 Å². The van der Waals surface area contributed by atoms with Crippen LogP contribution in [0.4, 0.5) is 0 Å². The maximum atomic E-state index is 12.0. The molecule has 1 N–H and O–H groups in total. The lowest BCUT2D eigenvalue weighted by molar-refractivity contribution is -0.137. The van der Waals surface area contributed by atoms with Crippen molar-refractivity contribution in [2.45, 2.75) is 38.1 Å². The van der Waals surface area contributed by atoms with E-state index < -0.39 is 0 Å². The highest BCUT2D eigenvalue weighted by Crippen LogP contribution is 2.42. The number of fused-ring (bicyclic) bond motifs is 2. The van der Waals surface area contributed by atoms with E-state index in [0.717, 1.165) is 32.1 Å². The van der Waals surface area contributed by atoms with E-state index >= 15 is 0 Å². The number of Topliss-reactive ketones (excluding diaryl/α,β-unsaturated/α-hetero) is 1. The van der Waals surface area contributed by atoms with Gasteiger partial charge < -0.3 is 5.32 Å². The lowest BCUT2D eigenvalue weighted by Crippen LogP contribution is -2.41. The fourth-order valence-corrected chi connectivity index (χ4v) is 3.19. The van der Waals surface area contributed by atoms with Crippen LogP contribution in [0.3, 0.4) is 0 Å². The fourth-order valence-electron chi connectivity index (χ4n) is 3.19. The molecule has 3 rings (SSSR count). The van der Waals surface area contributed by atoms with Crippen molar-refractivity contribution >= 4 is 11.7 Å². The molecule has 76 valence electrons. The van der Waals surface area contributed by atoms with Crippen LogP contribution in [0.1, 0.15) is 32.1 Å². The quantitative estimate of drug-likeness (QED) is 0.620. The van der Waals surface area contributed by atoms with Crippen LogP contribution in [0.25, 0.3) is 0 Å². The molecule has 3 fully saturated rings. The lowest BCUT2D eigenvalue weighted by Gasteiger charge is -2.32. The van der Waals surface area contributed by atoms with Gasteiger partial charge in [0.25, 0.3) is 0 Å². The van der Waals surface area contributed by atoms with Crippen molar-refractivity contribution < 1.29 is 9.59 Å². The normalized spacial score (nSPS) is 46.0. The van der Waals surface area contributed by atoms with Crippen LogP contribution in [0.5, 0.6) is 0 Å². The summed E-state index contributed by atoms with van der Waals surface area (Å²) in [6, 6.07) is 0.167. The van der Waals surface area contributed by atoms with Crippen molar-refractivity contribution in [1.29, 1.82) is 0 Å². The second kappa shape index (κ2) is 2.81. The van der Waals surface area contributed by atoms with Gasteiger partial charge in [-0.05, 0) is 25.7 Å². The van der Waals surface area contributed by atoms with Crippen molar-refractivity contribution in [3.05, 3.63) is 0 Å². The molecule has 1 heterocycles. The lowest BCUT2D eigenvalue weighted by atomic mass is 9.69. The summed E-state index contributed by atoms with van der Waals surface area (Å²) < 4.78 is 0. The standard InChI is InChI=1S/C11H15NO2/c13-10-6-4-5-7(6)11(14)12-9-3-1-2-8(9)10/h6-9H,1-5H2,(H,12,14). The average molecular weight is 193 g/mol. The Labute approximate surface area is 83.2 Å². The van der Waals surface area contributed by atoms with Gasteiger partial charge in [-0.25, -0.2) is 0 Å². The van der Waals surface area contributed by atoms with E-state index in [4.69, 9.17) is 0 Å². The number of rotatable bonds is 0. The van der Waals surface area contributed by atoms with Crippen LogP contribution in [0, 0.1) is 17.8 Å². The molecule has 2 aliphatic carbocycles. The summed E-state index contributed by atoms with van der Waals surface area (Å²) in [5, 5.41) is 3.04. The van der Waals surface area contributed by atoms with Gasteiger partial charge >= 0.3 is 0 Å². The Hall–Kier alpha value is -0.860. The van der Waals surface area contributed by atoms with E-state index in [0.29, 0.717) is 5.78 Å². The predicted octanol–water partition coefficient (Wildman–Crippen LogP) is 0.880. The minimum absolute atomic E-state index is 0.0214. The zero-order chi connectivity index (χ0) is 9.71. The number of carbonyl (C=O) groups excluding carboxylic acids is 2. The molecule has 1 saturated heterocycles. The van der Waals surface area contributed by atoms with Crippen LogP contribution in [0.15, 0.2) is 0 Å². The number of hydrogen-bond acceptors (Lipinski definition) is 2. The molecular weight excluding hydrogens is 178 g/mol. The number of carbonyl (C=O) groups is 2. The van der Waals surface area contributed by atoms with Gasteiger partial charge in [0.2, 0.25) is 5.91 Å². The molecule has 0 aromatic carbocycles. The topological polar surface area (TPSA) is 46.2 Å². The van der Waals surface area contributed by atoms with Gasteiger partial charge in [-0.3, -0.25) is 9.59 Å². The van der Waals surface area contributed by atoms with E-state index in [2.05, 4.69) is 5.32 Å². The van der Waals surface area contributed by atoms with Crippen molar-refractivity contribution in [1.82, 2.24) is 5.32 Å². The van der Waals surface area contributed by atoms with Gasteiger partial charge in [0.15, 0.2) is 0 Å². The third-order valence-corrected chi connectivity index (χ3v) is 4.19. The Balaban J connectivity index is 1.91. The zero-order valence-electron chi connectivity index (χ0n) is 8.16. The van der Waals surface area contributed by atoms with Crippen molar-refractivity contribution in [2.75, 3.05) is 0 Å². The van der Waals surface area contributed by atoms with Crippen molar-refractivity contribution in [3.63, 3.8) is 0 Å². The summed E-state index contributed by atoms with van der Waals surface area (Å²) in [4.78, 5) is 23.7. The van der Waals surface area contributed by atoms with E-state index in [9.17, 15) is 9.59 Å². The smallest absolute Gasteiger partial charge is 0.224 e. The highest BCUT2D eigenvalue weighted by atomic mass is 16.2. The van der Waals surface area contributed by atoms with E-state index in [1.165, 1.54) is 0 Å². The largest absolute Gasteiger partial charge is 0.352 e. The first-order chi connectivity index (χ1) is 6.77. The van der Waals surface area contributed by atoms with Crippen LogP contribution in [0.2, 0.25) is 0 Å². The average Bonchev–Trinajstić information content (AvgIpc) is 2.46. The molecule has 3 aliphatic rings. The maximum Gasteiger partial charge on any atom is 0.224 e. The van der Waals surface area contributed by atoms with Gasteiger partial charge in [-0.1, -0.05) is 6.42 Å². The highest BCUT2D eigenvalue weighted by molar-refractivity contribution is 5.94.